The van der Waals surface area contributed by atoms with E-state index >= 15 is 0 Å². The van der Waals surface area contributed by atoms with Crippen LogP contribution in [0.25, 0.3) is 0 Å². The number of anilines is 2. The number of nitrogens with one attached hydrogen (secondary N) is 1. The molecule has 0 bridgehead atoms. The highest BCUT2D eigenvalue weighted by Crippen LogP contribution is 2.37. The second-order valence-electron chi connectivity index (χ2n) is 5.88. The average Bonchev–Trinajstić information content (AvgIpc) is 2.93. The molecule has 0 aromatic heterocycles. The molecule has 1 N–H and O–H groups in total. The Hall–Kier alpha value is -2.35. The Balaban J connectivity index is 1.77. The molecule has 1 saturated heterocycles. The van der Waals surface area contributed by atoms with Gasteiger partial charge < -0.3 is 19.7 Å². The summed E-state index contributed by atoms with van der Waals surface area (Å²) in [5.41, 5.74) is 1.38. The van der Waals surface area contributed by atoms with Gasteiger partial charge in [-0.05, 0) is 26.0 Å². The van der Waals surface area contributed by atoms with E-state index < -0.39 is 6.09 Å². The minimum atomic E-state index is -0.403. The normalized spacial score (nSPS) is 22.5. The van der Waals surface area contributed by atoms with Crippen LogP contribution in [0.2, 0.25) is 0 Å². The molecule has 7 nitrogen and oxygen atoms in total. The number of carbonyl (C=O) groups excluding carboxylic acids is 2. The molecular formula is C16H19N3O4S. The molecule has 3 rings (SSSR count). The van der Waals surface area contributed by atoms with Gasteiger partial charge in [0.2, 0.25) is 6.41 Å². The number of hydrogen-bond acceptors (Lipinski definition) is 5. The number of fused-ring (bicyclic) bond motifs is 1. The molecule has 2 aliphatic heterocycles. The van der Waals surface area contributed by atoms with E-state index in [1.165, 1.54) is 0 Å². The number of thiocarbonyl (C=S) groups is 1. The van der Waals surface area contributed by atoms with Crippen LogP contribution in [0.1, 0.15) is 13.8 Å². The van der Waals surface area contributed by atoms with Gasteiger partial charge in [-0.1, -0.05) is 12.2 Å². The van der Waals surface area contributed by atoms with Crippen LogP contribution in [0.3, 0.4) is 0 Å². The predicted octanol–water partition coefficient (Wildman–Crippen LogP) is 1.69. The summed E-state index contributed by atoms with van der Waals surface area (Å²) >= 11 is 4.97. The van der Waals surface area contributed by atoms with Crippen LogP contribution >= 0.6 is 12.2 Å². The quantitative estimate of drug-likeness (QED) is 0.659. The van der Waals surface area contributed by atoms with Crippen molar-refractivity contribution in [3.05, 3.63) is 18.2 Å². The van der Waals surface area contributed by atoms with Crippen molar-refractivity contribution >= 4 is 41.1 Å². The Morgan fingerprint density at radius 3 is 3.00 bits per heavy atom. The van der Waals surface area contributed by atoms with Crippen LogP contribution in [-0.4, -0.2) is 49.3 Å². The van der Waals surface area contributed by atoms with Crippen LogP contribution in [0.5, 0.6) is 5.75 Å². The van der Waals surface area contributed by atoms with Gasteiger partial charge >= 0.3 is 6.09 Å². The number of benzene rings is 1. The largest absolute Gasteiger partial charge is 0.489 e. The Morgan fingerprint density at radius 2 is 2.29 bits per heavy atom. The van der Waals surface area contributed by atoms with Gasteiger partial charge in [0.05, 0.1) is 35.5 Å². The van der Waals surface area contributed by atoms with E-state index in [0.717, 1.165) is 6.41 Å². The number of hydrogen-bond donors (Lipinski definition) is 1. The van der Waals surface area contributed by atoms with Crippen LogP contribution in [0.15, 0.2) is 18.2 Å². The van der Waals surface area contributed by atoms with Crippen molar-refractivity contribution in [3.8, 4) is 5.75 Å². The molecule has 1 aromatic rings. The van der Waals surface area contributed by atoms with Gasteiger partial charge in [-0.25, -0.2) is 4.79 Å². The topological polar surface area (TPSA) is 71.1 Å². The molecule has 2 aliphatic rings. The lowest BCUT2D eigenvalue weighted by molar-refractivity contribution is -0.108. The molecule has 2 atom stereocenters. The molecule has 0 unspecified atom stereocenters. The van der Waals surface area contributed by atoms with E-state index in [1.807, 2.05) is 6.92 Å². The SMILES string of the molecule is CC(=S)NC[C@H]1CN(c2ccc3c(c2)OC[C@@H](C)N3C=O)C(=O)O1. The lowest BCUT2D eigenvalue weighted by Crippen LogP contribution is -2.40. The first-order valence-corrected chi connectivity index (χ1v) is 8.13. The molecule has 0 spiro atoms. The second kappa shape index (κ2) is 6.64. The maximum atomic E-state index is 12.1. The summed E-state index contributed by atoms with van der Waals surface area (Å²) in [6.07, 6.45) is 0.129. The Bertz CT molecular complexity index is 681. The third-order valence-electron chi connectivity index (χ3n) is 4.05. The van der Waals surface area contributed by atoms with E-state index in [-0.39, 0.29) is 12.1 Å². The van der Waals surface area contributed by atoms with Crippen molar-refractivity contribution in [2.45, 2.75) is 26.0 Å². The number of rotatable bonds is 4. The summed E-state index contributed by atoms with van der Waals surface area (Å²) in [7, 11) is 0. The lowest BCUT2D eigenvalue weighted by atomic mass is 10.1. The van der Waals surface area contributed by atoms with Crippen molar-refractivity contribution < 1.29 is 19.1 Å². The van der Waals surface area contributed by atoms with Crippen LogP contribution in [0.4, 0.5) is 16.2 Å². The smallest absolute Gasteiger partial charge is 0.414 e. The summed E-state index contributed by atoms with van der Waals surface area (Å²) in [5.74, 6) is 0.585. The van der Waals surface area contributed by atoms with Crippen LogP contribution < -0.4 is 19.9 Å². The number of amides is 2. The number of carbonyl (C=O) groups is 2. The van der Waals surface area contributed by atoms with Gasteiger partial charge in [0, 0.05) is 6.07 Å². The Labute approximate surface area is 145 Å². The van der Waals surface area contributed by atoms with E-state index in [1.54, 1.807) is 34.9 Å². The average molecular weight is 349 g/mol. The van der Waals surface area contributed by atoms with Crippen molar-refractivity contribution in [1.29, 1.82) is 0 Å². The molecule has 24 heavy (non-hydrogen) atoms. The fourth-order valence-electron chi connectivity index (χ4n) is 2.78. The third kappa shape index (κ3) is 3.14. The van der Waals surface area contributed by atoms with Crippen molar-refractivity contribution in [2.24, 2.45) is 0 Å². The summed E-state index contributed by atoms with van der Waals surface area (Å²) in [6.45, 7) is 5.03. The minimum Gasteiger partial charge on any atom is -0.489 e. The zero-order chi connectivity index (χ0) is 17.3. The molecule has 2 heterocycles. The Kier molecular flexibility index (Phi) is 4.57. The standard InChI is InChI=1S/C16H19N3O4S/c1-10-8-22-15-5-12(3-4-14(15)19(10)9-20)18-7-13(23-16(18)21)6-17-11(2)24/h3-5,9-10,13H,6-8H2,1-2H3,(H,17,24)/t10-,13+/m1/s1. The lowest BCUT2D eigenvalue weighted by Gasteiger charge is -2.32. The van der Waals surface area contributed by atoms with Gasteiger partial charge in [-0.2, -0.15) is 0 Å². The van der Waals surface area contributed by atoms with E-state index in [0.29, 0.717) is 41.8 Å². The first-order valence-electron chi connectivity index (χ1n) is 7.72. The first-order chi connectivity index (χ1) is 11.5. The van der Waals surface area contributed by atoms with E-state index in [9.17, 15) is 9.59 Å². The van der Waals surface area contributed by atoms with Crippen LogP contribution in [-0.2, 0) is 9.53 Å². The fraction of sp³-hybridized carbons (Fsp3) is 0.438. The maximum Gasteiger partial charge on any atom is 0.414 e. The molecule has 0 aliphatic carbocycles. The summed E-state index contributed by atoms with van der Waals surface area (Å²) in [5, 5.41) is 3.01. The van der Waals surface area contributed by atoms with Crippen molar-refractivity contribution in [2.75, 3.05) is 29.5 Å². The fourth-order valence-corrected chi connectivity index (χ4v) is 2.87. The molecule has 2 amide bonds. The predicted molar refractivity (Wildman–Crippen MR) is 93.8 cm³/mol. The highest BCUT2D eigenvalue weighted by Gasteiger charge is 2.33. The monoisotopic (exact) mass is 349 g/mol. The van der Waals surface area contributed by atoms with Crippen molar-refractivity contribution in [1.82, 2.24) is 5.32 Å². The van der Waals surface area contributed by atoms with Crippen LogP contribution in [0, 0.1) is 0 Å². The molecule has 0 saturated carbocycles. The summed E-state index contributed by atoms with van der Waals surface area (Å²) < 4.78 is 11.0. The zero-order valence-corrected chi connectivity index (χ0v) is 14.3. The number of ether oxygens (including phenoxy) is 2. The second-order valence-corrected chi connectivity index (χ2v) is 6.49. The van der Waals surface area contributed by atoms with Gasteiger partial charge in [0.1, 0.15) is 18.5 Å². The van der Waals surface area contributed by atoms with Gasteiger partial charge in [0.25, 0.3) is 0 Å². The highest BCUT2D eigenvalue weighted by atomic mass is 32.1. The molecule has 1 aromatic carbocycles. The van der Waals surface area contributed by atoms with Gasteiger partial charge in [-0.3, -0.25) is 9.69 Å². The zero-order valence-electron chi connectivity index (χ0n) is 13.5. The van der Waals surface area contributed by atoms with E-state index in [2.05, 4.69) is 5.32 Å². The van der Waals surface area contributed by atoms with Gasteiger partial charge in [0.15, 0.2) is 0 Å². The number of cyclic esters (lactones) is 1. The third-order valence-corrected chi connectivity index (χ3v) is 4.20. The maximum absolute atomic E-state index is 12.1. The first kappa shape index (κ1) is 16.5. The molecule has 1 fully saturated rings. The Morgan fingerprint density at radius 1 is 1.50 bits per heavy atom. The molecule has 0 radical (unpaired) electrons. The molecular weight excluding hydrogens is 330 g/mol. The number of nitrogens with zero attached hydrogens (tertiary/aromatic N) is 2. The van der Waals surface area contributed by atoms with Crippen molar-refractivity contribution in [3.63, 3.8) is 0 Å². The minimum absolute atomic E-state index is 0.0223. The van der Waals surface area contributed by atoms with E-state index in [4.69, 9.17) is 21.7 Å². The molecule has 128 valence electrons. The summed E-state index contributed by atoms with van der Waals surface area (Å²) in [4.78, 5) is 27.2. The van der Waals surface area contributed by atoms with Gasteiger partial charge in [-0.15, -0.1) is 0 Å². The molecule has 8 heteroatoms. The summed E-state index contributed by atoms with van der Waals surface area (Å²) in [6, 6.07) is 5.32. The highest BCUT2D eigenvalue weighted by molar-refractivity contribution is 7.80.